The number of hydrogen-bond donors (Lipinski definition) is 0. The molecule has 0 saturated heterocycles. The number of rotatable bonds is 4. The Labute approximate surface area is 287 Å². The standard InChI is InChI=1S/C46H28N2S/c1-3-12-29(13-4-1)41-28-42(30-14-5-2-6-15-30)48-46(47-41)39-20-11-19-38-34-17-8-7-16-33(34)35-24-22-31(26-40(35)45(38)39)32-23-25-37-36-18-9-10-21-43(36)49-44(37)27-32/h1-28H. The second-order valence-electron chi connectivity index (χ2n) is 12.5. The molecular formula is C46H28N2S. The molecule has 0 unspecified atom stereocenters. The van der Waals surface area contributed by atoms with Gasteiger partial charge in [0.05, 0.1) is 11.4 Å². The molecule has 8 aromatic carbocycles. The van der Waals surface area contributed by atoms with Crippen molar-refractivity contribution >= 4 is 63.8 Å². The maximum absolute atomic E-state index is 5.26. The maximum Gasteiger partial charge on any atom is 0.161 e. The molecule has 0 aliphatic carbocycles. The summed E-state index contributed by atoms with van der Waals surface area (Å²) in [7, 11) is 0. The first-order valence-electron chi connectivity index (χ1n) is 16.6. The number of thiophene rings is 1. The molecule has 0 aliphatic rings. The minimum Gasteiger partial charge on any atom is -0.228 e. The van der Waals surface area contributed by atoms with Crippen LogP contribution < -0.4 is 0 Å². The largest absolute Gasteiger partial charge is 0.228 e. The summed E-state index contributed by atoms with van der Waals surface area (Å²) in [5, 5.41) is 9.91. The predicted octanol–water partition coefficient (Wildman–Crippen LogP) is 13.0. The van der Waals surface area contributed by atoms with Crippen LogP contribution >= 0.6 is 11.3 Å². The van der Waals surface area contributed by atoms with Gasteiger partial charge in [-0.1, -0.05) is 146 Å². The molecule has 0 atom stereocenters. The molecule has 0 saturated carbocycles. The Kier molecular flexibility index (Phi) is 6.39. The molecule has 2 heterocycles. The van der Waals surface area contributed by atoms with E-state index < -0.39 is 0 Å². The third kappa shape index (κ3) is 4.62. The van der Waals surface area contributed by atoms with E-state index in [0.29, 0.717) is 0 Å². The van der Waals surface area contributed by atoms with E-state index >= 15 is 0 Å². The zero-order valence-electron chi connectivity index (χ0n) is 26.5. The highest BCUT2D eigenvalue weighted by molar-refractivity contribution is 7.25. The summed E-state index contributed by atoms with van der Waals surface area (Å²) in [6, 6.07) is 60.8. The van der Waals surface area contributed by atoms with E-state index in [-0.39, 0.29) is 0 Å². The SMILES string of the molecule is c1ccc(-c2cc(-c3ccccc3)nc(-c3cccc4c5ccccc5c5ccc(-c6ccc7c(c6)sc6ccccc67)cc5c34)n2)cc1. The molecule has 0 radical (unpaired) electrons. The zero-order chi connectivity index (χ0) is 32.3. The van der Waals surface area contributed by atoms with Gasteiger partial charge in [-0.25, -0.2) is 9.97 Å². The van der Waals surface area contributed by atoms with Gasteiger partial charge in [0.15, 0.2) is 5.82 Å². The predicted molar refractivity (Wildman–Crippen MR) is 209 cm³/mol. The minimum atomic E-state index is 0.722. The molecule has 10 aromatic rings. The lowest BCUT2D eigenvalue weighted by molar-refractivity contribution is 1.19. The lowest BCUT2D eigenvalue weighted by Gasteiger charge is -2.16. The summed E-state index contributed by atoms with van der Waals surface area (Å²) in [6.45, 7) is 0. The van der Waals surface area contributed by atoms with Crippen molar-refractivity contribution in [2.24, 2.45) is 0 Å². The van der Waals surface area contributed by atoms with Crippen molar-refractivity contribution in [2.45, 2.75) is 0 Å². The summed E-state index contributed by atoms with van der Waals surface area (Å²) in [4.78, 5) is 10.5. The van der Waals surface area contributed by atoms with Gasteiger partial charge >= 0.3 is 0 Å². The first kappa shape index (κ1) is 27.9. The number of aromatic nitrogens is 2. The van der Waals surface area contributed by atoms with E-state index in [2.05, 4.69) is 158 Å². The molecule has 0 fully saturated rings. The molecule has 3 heteroatoms. The van der Waals surface area contributed by atoms with Gasteiger partial charge in [0.2, 0.25) is 0 Å². The lowest BCUT2D eigenvalue weighted by atomic mass is 9.89. The molecule has 0 amide bonds. The van der Waals surface area contributed by atoms with Crippen LogP contribution in [0.1, 0.15) is 0 Å². The highest BCUT2D eigenvalue weighted by Crippen LogP contribution is 2.43. The van der Waals surface area contributed by atoms with Crippen LogP contribution in [-0.2, 0) is 0 Å². The zero-order valence-corrected chi connectivity index (χ0v) is 27.3. The fraction of sp³-hybridized carbons (Fsp3) is 0. The fourth-order valence-electron chi connectivity index (χ4n) is 7.36. The van der Waals surface area contributed by atoms with Crippen molar-refractivity contribution < 1.29 is 0 Å². The van der Waals surface area contributed by atoms with Crippen molar-refractivity contribution in [1.29, 1.82) is 0 Å². The highest BCUT2D eigenvalue weighted by Gasteiger charge is 2.18. The molecule has 0 bridgehead atoms. The van der Waals surface area contributed by atoms with Crippen LogP contribution in [0.25, 0.3) is 97.5 Å². The van der Waals surface area contributed by atoms with Crippen LogP contribution in [0.3, 0.4) is 0 Å². The third-order valence-corrected chi connectivity index (χ3v) is 10.8. The van der Waals surface area contributed by atoms with Gasteiger partial charge in [0.25, 0.3) is 0 Å². The van der Waals surface area contributed by atoms with E-state index in [9.17, 15) is 0 Å². The van der Waals surface area contributed by atoms with E-state index in [4.69, 9.17) is 9.97 Å². The molecule has 49 heavy (non-hydrogen) atoms. The second kappa shape index (κ2) is 11.2. The molecule has 0 aliphatic heterocycles. The van der Waals surface area contributed by atoms with Gasteiger partial charge in [-0.05, 0) is 62.3 Å². The Bertz CT molecular complexity index is 2810. The van der Waals surface area contributed by atoms with Gasteiger partial charge in [0.1, 0.15) is 0 Å². The van der Waals surface area contributed by atoms with Crippen LogP contribution in [0.4, 0.5) is 0 Å². The summed E-state index contributed by atoms with van der Waals surface area (Å²) in [5.41, 5.74) is 7.39. The van der Waals surface area contributed by atoms with Gasteiger partial charge in [-0.15, -0.1) is 11.3 Å². The van der Waals surface area contributed by atoms with Crippen LogP contribution in [0.5, 0.6) is 0 Å². The molecule has 0 N–H and O–H groups in total. The number of nitrogens with zero attached hydrogens (tertiary/aromatic N) is 2. The lowest BCUT2D eigenvalue weighted by Crippen LogP contribution is -1.97. The molecular weight excluding hydrogens is 613 g/mol. The Morgan fingerprint density at radius 2 is 0.857 bits per heavy atom. The van der Waals surface area contributed by atoms with Crippen LogP contribution in [0.2, 0.25) is 0 Å². The van der Waals surface area contributed by atoms with Gasteiger partial charge < -0.3 is 0 Å². The highest BCUT2D eigenvalue weighted by atomic mass is 32.1. The molecule has 0 spiro atoms. The second-order valence-corrected chi connectivity index (χ2v) is 13.6. The van der Waals surface area contributed by atoms with Crippen LogP contribution in [0.15, 0.2) is 170 Å². The van der Waals surface area contributed by atoms with Gasteiger partial charge in [-0.3, -0.25) is 0 Å². The Morgan fingerprint density at radius 1 is 0.327 bits per heavy atom. The summed E-state index contributed by atoms with van der Waals surface area (Å²) < 4.78 is 2.63. The van der Waals surface area contributed by atoms with Crippen molar-refractivity contribution in [3.05, 3.63) is 170 Å². The average Bonchev–Trinajstić information content (AvgIpc) is 3.56. The Hall–Kier alpha value is -6.16. The molecule has 10 rings (SSSR count). The van der Waals surface area contributed by atoms with Crippen LogP contribution in [-0.4, -0.2) is 9.97 Å². The molecule has 2 nitrogen and oxygen atoms in total. The van der Waals surface area contributed by atoms with Crippen molar-refractivity contribution in [1.82, 2.24) is 9.97 Å². The third-order valence-electron chi connectivity index (χ3n) is 9.68. The average molecular weight is 641 g/mol. The number of benzene rings is 8. The first-order valence-corrected chi connectivity index (χ1v) is 17.4. The van der Waals surface area contributed by atoms with E-state index in [1.165, 1.54) is 63.6 Å². The quantitative estimate of drug-likeness (QED) is 0.179. The first-order chi connectivity index (χ1) is 24.3. The Balaban J connectivity index is 1.26. The summed E-state index contributed by atoms with van der Waals surface area (Å²) in [6.07, 6.45) is 0. The van der Waals surface area contributed by atoms with E-state index in [0.717, 1.165) is 33.9 Å². The number of hydrogen-bond acceptors (Lipinski definition) is 3. The van der Waals surface area contributed by atoms with Gasteiger partial charge in [0, 0.05) is 42.2 Å². The van der Waals surface area contributed by atoms with Gasteiger partial charge in [-0.2, -0.15) is 0 Å². The monoisotopic (exact) mass is 640 g/mol. The van der Waals surface area contributed by atoms with Crippen molar-refractivity contribution in [3.8, 4) is 45.0 Å². The number of fused-ring (bicyclic) bond motifs is 9. The topological polar surface area (TPSA) is 25.8 Å². The fourth-order valence-corrected chi connectivity index (χ4v) is 8.50. The van der Waals surface area contributed by atoms with Crippen molar-refractivity contribution in [2.75, 3.05) is 0 Å². The summed E-state index contributed by atoms with van der Waals surface area (Å²) in [5.74, 6) is 0.722. The molecule has 228 valence electrons. The van der Waals surface area contributed by atoms with Crippen molar-refractivity contribution in [3.63, 3.8) is 0 Å². The molecule has 2 aromatic heterocycles. The Morgan fingerprint density at radius 3 is 1.57 bits per heavy atom. The van der Waals surface area contributed by atoms with Crippen LogP contribution in [0, 0.1) is 0 Å². The minimum absolute atomic E-state index is 0.722. The summed E-state index contributed by atoms with van der Waals surface area (Å²) >= 11 is 1.86. The van der Waals surface area contributed by atoms with E-state index in [1.807, 2.05) is 23.5 Å². The van der Waals surface area contributed by atoms with E-state index in [1.54, 1.807) is 0 Å². The smallest absolute Gasteiger partial charge is 0.161 e. The maximum atomic E-state index is 5.26. The normalized spacial score (nSPS) is 11.7.